The fraction of sp³-hybridized carbons (Fsp3) is 0.120. The van der Waals surface area contributed by atoms with E-state index >= 15 is 0 Å². The SMILES string of the molecule is COc1ccc(NC(=O)/C(C#N)=C/c2ccc(OCc3ccc([N+](=O)[O-])cc3)c(OC)c2)c([N+](=O)[O-])c1. The lowest BCUT2D eigenvalue weighted by Crippen LogP contribution is -2.14. The van der Waals surface area contributed by atoms with Crippen LogP contribution in [-0.2, 0) is 11.4 Å². The third kappa shape index (κ3) is 6.58. The fourth-order valence-corrected chi connectivity index (χ4v) is 3.17. The predicted molar refractivity (Wildman–Crippen MR) is 132 cm³/mol. The molecule has 0 unspecified atom stereocenters. The molecule has 3 aromatic carbocycles. The summed E-state index contributed by atoms with van der Waals surface area (Å²) in [5, 5.41) is 34.0. The molecule has 0 spiro atoms. The summed E-state index contributed by atoms with van der Waals surface area (Å²) in [6, 6.07) is 16.3. The number of ether oxygens (including phenoxy) is 3. The summed E-state index contributed by atoms with van der Waals surface area (Å²) in [7, 11) is 2.77. The molecule has 0 fully saturated rings. The van der Waals surface area contributed by atoms with Crippen molar-refractivity contribution in [1.82, 2.24) is 0 Å². The van der Waals surface area contributed by atoms with Crippen molar-refractivity contribution in [2.75, 3.05) is 19.5 Å². The van der Waals surface area contributed by atoms with Gasteiger partial charge in [-0.2, -0.15) is 5.26 Å². The summed E-state index contributed by atoms with van der Waals surface area (Å²) in [5.41, 5.74) is 0.331. The van der Waals surface area contributed by atoms with E-state index in [0.29, 0.717) is 22.6 Å². The first-order valence-electron chi connectivity index (χ1n) is 10.6. The summed E-state index contributed by atoms with van der Waals surface area (Å²) < 4.78 is 16.1. The number of amides is 1. The Kier molecular flexibility index (Phi) is 8.35. The maximum Gasteiger partial charge on any atom is 0.296 e. The van der Waals surface area contributed by atoms with Crippen LogP contribution >= 0.6 is 0 Å². The molecule has 0 bridgehead atoms. The molecule has 0 saturated heterocycles. The van der Waals surface area contributed by atoms with Gasteiger partial charge in [0.1, 0.15) is 29.7 Å². The second-order valence-corrected chi connectivity index (χ2v) is 7.39. The molecule has 188 valence electrons. The van der Waals surface area contributed by atoms with Gasteiger partial charge in [0.05, 0.1) is 30.1 Å². The van der Waals surface area contributed by atoms with Crippen molar-refractivity contribution < 1.29 is 28.9 Å². The predicted octanol–water partition coefficient (Wildman–Crippen LogP) is 4.64. The van der Waals surface area contributed by atoms with Crippen LogP contribution in [-0.4, -0.2) is 30.0 Å². The number of nitriles is 1. The first-order valence-corrected chi connectivity index (χ1v) is 10.6. The van der Waals surface area contributed by atoms with Crippen molar-refractivity contribution in [3.05, 3.63) is 97.6 Å². The number of non-ortho nitro benzene ring substituents is 1. The summed E-state index contributed by atoms with van der Waals surface area (Å²) in [6.45, 7) is 0.121. The van der Waals surface area contributed by atoms with E-state index in [1.165, 1.54) is 44.6 Å². The highest BCUT2D eigenvalue weighted by Crippen LogP contribution is 2.31. The van der Waals surface area contributed by atoms with Crippen LogP contribution in [0.5, 0.6) is 17.2 Å². The lowest BCUT2D eigenvalue weighted by atomic mass is 10.1. The average Bonchev–Trinajstić information content (AvgIpc) is 2.90. The molecule has 37 heavy (non-hydrogen) atoms. The maximum absolute atomic E-state index is 12.7. The molecular weight excluding hydrogens is 484 g/mol. The Morgan fingerprint density at radius 3 is 2.30 bits per heavy atom. The summed E-state index contributed by atoms with van der Waals surface area (Å²) in [6.07, 6.45) is 1.30. The van der Waals surface area contributed by atoms with E-state index in [9.17, 15) is 30.3 Å². The number of carbonyl (C=O) groups excluding carboxylic acids is 1. The number of nitrogens with zero attached hydrogens (tertiary/aromatic N) is 3. The molecule has 1 amide bonds. The quantitative estimate of drug-likeness (QED) is 0.179. The monoisotopic (exact) mass is 504 g/mol. The van der Waals surface area contributed by atoms with Gasteiger partial charge in [-0.05, 0) is 53.6 Å². The first-order chi connectivity index (χ1) is 17.7. The smallest absolute Gasteiger partial charge is 0.296 e. The largest absolute Gasteiger partial charge is 0.496 e. The zero-order valence-corrected chi connectivity index (χ0v) is 19.7. The van der Waals surface area contributed by atoms with Gasteiger partial charge in [-0.25, -0.2) is 0 Å². The molecule has 0 saturated carbocycles. The molecule has 0 aliphatic rings. The Labute approximate surface area is 210 Å². The van der Waals surface area contributed by atoms with Crippen molar-refractivity contribution in [2.45, 2.75) is 6.61 Å². The Morgan fingerprint density at radius 1 is 0.973 bits per heavy atom. The van der Waals surface area contributed by atoms with E-state index in [4.69, 9.17) is 14.2 Å². The maximum atomic E-state index is 12.7. The zero-order valence-electron chi connectivity index (χ0n) is 19.7. The van der Waals surface area contributed by atoms with Crippen LogP contribution in [0.4, 0.5) is 17.1 Å². The highest BCUT2D eigenvalue weighted by Gasteiger charge is 2.19. The first kappa shape index (κ1) is 26.2. The number of anilines is 1. The lowest BCUT2D eigenvalue weighted by molar-refractivity contribution is -0.384. The third-order valence-electron chi connectivity index (χ3n) is 5.06. The van der Waals surface area contributed by atoms with Crippen LogP contribution in [0.3, 0.4) is 0 Å². The Morgan fingerprint density at radius 2 is 1.70 bits per heavy atom. The summed E-state index contributed by atoms with van der Waals surface area (Å²) in [4.78, 5) is 33.6. The van der Waals surface area contributed by atoms with Crippen LogP contribution in [0, 0.1) is 31.6 Å². The van der Waals surface area contributed by atoms with Crippen LogP contribution in [0.2, 0.25) is 0 Å². The minimum absolute atomic E-state index is 0.0311. The number of rotatable bonds is 10. The number of nitrogens with one attached hydrogen (secondary N) is 1. The fourth-order valence-electron chi connectivity index (χ4n) is 3.17. The molecule has 0 aliphatic heterocycles. The number of hydrogen-bond donors (Lipinski definition) is 1. The van der Waals surface area contributed by atoms with Gasteiger partial charge in [0.15, 0.2) is 11.5 Å². The molecule has 3 rings (SSSR count). The molecule has 0 atom stereocenters. The molecule has 12 nitrogen and oxygen atoms in total. The molecule has 0 heterocycles. The van der Waals surface area contributed by atoms with Gasteiger partial charge in [-0.3, -0.25) is 25.0 Å². The second kappa shape index (κ2) is 11.8. The van der Waals surface area contributed by atoms with Gasteiger partial charge in [0.25, 0.3) is 17.3 Å². The standard InChI is InChI=1S/C25H20N4O8/c1-35-20-8-9-21(22(13-20)29(33)34)27-25(30)18(14-26)11-17-5-10-23(24(12-17)36-2)37-15-16-3-6-19(7-4-16)28(31)32/h3-13H,15H2,1-2H3,(H,27,30)/b18-11+. The van der Waals surface area contributed by atoms with Gasteiger partial charge in [-0.1, -0.05) is 6.07 Å². The minimum Gasteiger partial charge on any atom is -0.496 e. The number of benzene rings is 3. The molecule has 1 N–H and O–H groups in total. The van der Waals surface area contributed by atoms with E-state index in [1.54, 1.807) is 36.4 Å². The molecule has 0 radical (unpaired) electrons. The van der Waals surface area contributed by atoms with E-state index in [-0.39, 0.29) is 35.0 Å². The van der Waals surface area contributed by atoms with Crippen LogP contribution in [0.15, 0.2) is 66.2 Å². The molecule has 0 aliphatic carbocycles. The van der Waals surface area contributed by atoms with Crippen molar-refractivity contribution in [2.24, 2.45) is 0 Å². The summed E-state index contributed by atoms with van der Waals surface area (Å²) >= 11 is 0. The third-order valence-corrected chi connectivity index (χ3v) is 5.06. The number of methoxy groups -OCH3 is 2. The zero-order chi connectivity index (χ0) is 26.9. The normalized spacial score (nSPS) is 10.7. The lowest BCUT2D eigenvalue weighted by Gasteiger charge is -2.12. The number of nitro benzene ring substituents is 2. The van der Waals surface area contributed by atoms with Crippen LogP contribution in [0.25, 0.3) is 6.08 Å². The van der Waals surface area contributed by atoms with Crippen molar-refractivity contribution in [3.63, 3.8) is 0 Å². The van der Waals surface area contributed by atoms with E-state index in [0.717, 1.165) is 6.07 Å². The Bertz CT molecular complexity index is 1410. The van der Waals surface area contributed by atoms with Gasteiger partial charge >= 0.3 is 0 Å². The molecular formula is C25H20N4O8. The average molecular weight is 504 g/mol. The van der Waals surface area contributed by atoms with Gasteiger partial charge in [-0.15, -0.1) is 0 Å². The number of hydrogen-bond acceptors (Lipinski definition) is 9. The molecule has 3 aromatic rings. The Hall–Kier alpha value is -5.44. The van der Waals surface area contributed by atoms with E-state index < -0.39 is 15.8 Å². The number of carbonyl (C=O) groups is 1. The minimum atomic E-state index is -0.840. The van der Waals surface area contributed by atoms with Crippen molar-refractivity contribution in [1.29, 1.82) is 5.26 Å². The van der Waals surface area contributed by atoms with E-state index in [2.05, 4.69) is 5.32 Å². The van der Waals surface area contributed by atoms with Gasteiger partial charge < -0.3 is 19.5 Å². The summed E-state index contributed by atoms with van der Waals surface area (Å²) in [5.74, 6) is 0.0888. The van der Waals surface area contributed by atoms with Gasteiger partial charge in [0, 0.05) is 12.1 Å². The highest BCUT2D eigenvalue weighted by molar-refractivity contribution is 6.10. The topological polar surface area (TPSA) is 167 Å². The number of nitro groups is 2. The Balaban J connectivity index is 1.77. The highest BCUT2D eigenvalue weighted by atomic mass is 16.6. The van der Waals surface area contributed by atoms with Crippen molar-refractivity contribution >= 4 is 29.0 Å². The van der Waals surface area contributed by atoms with Gasteiger partial charge in [0.2, 0.25) is 0 Å². The molecule has 12 heteroatoms. The second-order valence-electron chi connectivity index (χ2n) is 7.39. The van der Waals surface area contributed by atoms with E-state index in [1.807, 2.05) is 0 Å². The van der Waals surface area contributed by atoms with Crippen molar-refractivity contribution in [3.8, 4) is 23.3 Å². The molecule has 0 aromatic heterocycles. The van der Waals surface area contributed by atoms with Crippen LogP contribution in [0.1, 0.15) is 11.1 Å². The van der Waals surface area contributed by atoms with Crippen LogP contribution < -0.4 is 19.5 Å².